The van der Waals surface area contributed by atoms with E-state index in [1.54, 1.807) is 12.1 Å². The van der Waals surface area contributed by atoms with Gasteiger partial charge in [-0.25, -0.2) is 4.39 Å². The summed E-state index contributed by atoms with van der Waals surface area (Å²) in [5, 5.41) is 0. The molecule has 3 aromatic carbocycles. The Bertz CT molecular complexity index is 823. The van der Waals surface area contributed by atoms with Crippen molar-refractivity contribution in [1.29, 1.82) is 0 Å². The summed E-state index contributed by atoms with van der Waals surface area (Å²) in [5.74, 6) is -0.162. The molecule has 0 heterocycles. The summed E-state index contributed by atoms with van der Waals surface area (Å²) in [6.45, 7) is 6.40. The van der Waals surface area contributed by atoms with Crippen molar-refractivity contribution in [3.05, 3.63) is 107 Å². The molecule has 31 heavy (non-hydrogen) atoms. The van der Waals surface area contributed by atoms with Gasteiger partial charge in [0.15, 0.2) is 0 Å². The Labute approximate surface area is 187 Å². The predicted molar refractivity (Wildman–Crippen MR) is 128 cm³/mol. The van der Waals surface area contributed by atoms with Crippen LogP contribution in [0.25, 0.3) is 0 Å². The molecule has 0 radical (unpaired) electrons. The van der Waals surface area contributed by atoms with E-state index in [9.17, 15) is 4.39 Å². The van der Waals surface area contributed by atoms with Gasteiger partial charge in [-0.05, 0) is 75.1 Å². The monoisotopic (exact) mass is 418 g/mol. The molecule has 0 aliphatic rings. The van der Waals surface area contributed by atoms with Gasteiger partial charge in [0.25, 0.3) is 0 Å². The van der Waals surface area contributed by atoms with Gasteiger partial charge in [-0.3, -0.25) is 4.90 Å². The fraction of sp³-hybridized carbons (Fsp3) is 0.357. The van der Waals surface area contributed by atoms with Crippen LogP contribution in [0.3, 0.4) is 0 Å². The molecule has 1 atom stereocenters. The van der Waals surface area contributed by atoms with Gasteiger partial charge in [-0.2, -0.15) is 0 Å². The van der Waals surface area contributed by atoms with Crippen LogP contribution in [-0.4, -0.2) is 36.0 Å². The highest BCUT2D eigenvalue weighted by Gasteiger charge is 2.15. The highest BCUT2D eigenvalue weighted by molar-refractivity contribution is 5.18. The molecule has 0 N–H and O–H groups in total. The number of aryl methyl sites for hydroxylation is 1. The SMILES string of the molecule is C[C@H](CCN(C)CCCc1ccc(F)cc1)N(Cc1ccccc1)Cc1ccccc1. The molecule has 0 saturated heterocycles. The second-order valence-corrected chi connectivity index (χ2v) is 8.55. The van der Waals surface area contributed by atoms with Gasteiger partial charge in [-0.1, -0.05) is 72.8 Å². The number of hydrogen-bond acceptors (Lipinski definition) is 2. The first-order chi connectivity index (χ1) is 15.1. The molecular formula is C28H35FN2. The maximum atomic E-state index is 13.0. The van der Waals surface area contributed by atoms with Crippen LogP contribution in [-0.2, 0) is 19.5 Å². The van der Waals surface area contributed by atoms with Gasteiger partial charge in [-0.15, -0.1) is 0 Å². The quantitative estimate of drug-likeness (QED) is 0.347. The summed E-state index contributed by atoms with van der Waals surface area (Å²) in [4.78, 5) is 5.00. The van der Waals surface area contributed by atoms with Crippen LogP contribution in [0.15, 0.2) is 84.9 Å². The van der Waals surface area contributed by atoms with E-state index in [2.05, 4.69) is 84.4 Å². The molecule has 0 amide bonds. The summed E-state index contributed by atoms with van der Waals surface area (Å²) in [7, 11) is 2.20. The normalized spacial score (nSPS) is 12.4. The van der Waals surface area contributed by atoms with E-state index >= 15 is 0 Å². The summed E-state index contributed by atoms with van der Waals surface area (Å²) < 4.78 is 13.0. The molecule has 3 aromatic rings. The van der Waals surface area contributed by atoms with E-state index in [0.717, 1.165) is 45.4 Å². The highest BCUT2D eigenvalue weighted by Crippen LogP contribution is 2.16. The lowest BCUT2D eigenvalue weighted by Gasteiger charge is -2.31. The number of rotatable bonds is 12. The van der Waals surface area contributed by atoms with Crippen LogP contribution in [0.5, 0.6) is 0 Å². The highest BCUT2D eigenvalue weighted by atomic mass is 19.1. The third-order valence-electron chi connectivity index (χ3n) is 5.93. The second kappa shape index (κ2) is 12.4. The molecular weight excluding hydrogens is 383 g/mol. The summed E-state index contributed by atoms with van der Waals surface area (Å²) in [6.07, 6.45) is 3.22. The van der Waals surface area contributed by atoms with E-state index in [1.165, 1.54) is 16.7 Å². The number of halogens is 1. The zero-order valence-corrected chi connectivity index (χ0v) is 18.9. The van der Waals surface area contributed by atoms with Crippen LogP contribution in [0.1, 0.15) is 36.5 Å². The lowest BCUT2D eigenvalue weighted by atomic mass is 10.1. The van der Waals surface area contributed by atoms with E-state index in [1.807, 2.05) is 12.1 Å². The fourth-order valence-electron chi connectivity index (χ4n) is 3.91. The van der Waals surface area contributed by atoms with Crippen molar-refractivity contribution in [1.82, 2.24) is 9.80 Å². The number of nitrogens with zero attached hydrogens (tertiary/aromatic N) is 2. The molecule has 3 heteroatoms. The van der Waals surface area contributed by atoms with Crippen LogP contribution in [0.2, 0.25) is 0 Å². The zero-order valence-electron chi connectivity index (χ0n) is 18.9. The van der Waals surface area contributed by atoms with Crippen molar-refractivity contribution < 1.29 is 4.39 Å². The van der Waals surface area contributed by atoms with Crippen molar-refractivity contribution in [3.63, 3.8) is 0 Å². The predicted octanol–water partition coefficient (Wildman–Crippen LogP) is 6.17. The smallest absolute Gasteiger partial charge is 0.123 e. The molecule has 0 aliphatic carbocycles. The standard InChI is InChI=1S/C28H35FN2/c1-24(19-21-30(2)20-9-14-25-15-17-28(29)18-16-25)31(22-26-10-5-3-6-11-26)23-27-12-7-4-8-13-27/h3-8,10-13,15-18,24H,9,14,19-23H2,1-2H3/t24-/m1/s1. The van der Waals surface area contributed by atoms with Crippen LogP contribution in [0.4, 0.5) is 4.39 Å². The number of benzene rings is 3. The first kappa shape index (κ1) is 23.2. The third-order valence-corrected chi connectivity index (χ3v) is 5.93. The van der Waals surface area contributed by atoms with Crippen LogP contribution >= 0.6 is 0 Å². The maximum Gasteiger partial charge on any atom is 0.123 e. The molecule has 0 aromatic heterocycles. The molecule has 0 unspecified atom stereocenters. The summed E-state index contributed by atoms with van der Waals surface area (Å²) in [6, 6.07) is 28.9. The zero-order chi connectivity index (χ0) is 21.9. The largest absolute Gasteiger partial charge is 0.306 e. The van der Waals surface area contributed by atoms with Gasteiger partial charge in [0.05, 0.1) is 0 Å². The van der Waals surface area contributed by atoms with Gasteiger partial charge in [0.2, 0.25) is 0 Å². The third kappa shape index (κ3) is 8.28. The van der Waals surface area contributed by atoms with Gasteiger partial charge in [0, 0.05) is 19.1 Å². The van der Waals surface area contributed by atoms with Crippen molar-refractivity contribution in [2.75, 3.05) is 20.1 Å². The molecule has 0 bridgehead atoms. The Hall–Kier alpha value is -2.49. The van der Waals surface area contributed by atoms with Gasteiger partial charge in [0.1, 0.15) is 5.82 Å². The van der Waals surface area contributed by atoms with Crippen LogP contribution < -0.4 is 0 Å². The lowest BCUT2D eigenvalue weighted by Crippen LogP contribution is -2.35. The van der Waals surface area contributed by atoms with Crippen LogP contribution in [0, 0.1) is 5.82 Å². The Morgan fingerprint density at radius 1 is 0.710 bits per heavy atom. The van der Waals surface area contributed by atoms with E-state index in [0.29, 0.717) is 6.04 Å². The van der Waals surface area contributed by atoms with E-state index in [-0.39, 0.29) is 5.82 Å². The first-order valence-electron chi connectivity index (χ1n) is 11.3. The maximum absolute atomic E-state index is 13.0. The molecule has 0 fully saturated rings. The molecule has 0 aliphatic heterocycles. The molecule has 0 spiro atoms. The molecule has 2 nitrogen and oxygen atoms in total. The molecule has 3 rings (SSSR count). The van der Waals surface area contributed by atoms with Crippen molar-refractivity contribution >= 4 is 0 Å². The van der Waals surface area contributed by atoms with Crippen molar-refractivity contribution in [2.45, 2.75) is 45.3 Å². The Morgan fingerprint density at radius 2 is 1.26 bits per heavy atom. The number of hydrogen-bond donors (Lipinski definition) is 0. The Morgan fingerprint density at radius 3 is 1.81 bits per heavy atom. The summed E-state index contributed by atoms with van der Waals surface area (Å²) >= 11 is 0. The Balaban J connectivity index is 1.48. The molecule has 164 valence electrons. The average Bonchev–Trinajstić information content (AvgIpc) is 2.80. The average molecular weight is 419 g/mol. The topological polar surface area (TPSA) is 6.48 Å². The minimum atomic E-state index is -0.162. The first-order valence-corrected chi connectivity index (χ1v) is 11.3. The van der Waals surface area contributed by atoms with Gasteiger partial charge >= 0.3 is 0 Å². The molecule has 0 saturated carbocycles. The lowest BCUT2D eigenvalue weighted by molar-refractivity contribution is 0.166. The fourth-order valence-corrected chi connectivity index (χ4v) is 3.91. The minimum absolute atomic E-state index is 0.162. The van der Waals surface area contributed by atoms with E-state index < -0.39 is 0 Å². The second-order valence-electron chi connectivity index (χ2n) is 8.55. The van der Waals surface area contributed by atoms with Crippen molar-refractivity contribution in [3.8, 4) is 0 Å². The Kier molecular flexibility index (Phi) is 9.26. The van der Waals surface area contributed by atoms with Crippen molar-refractivity contribution in [2.24, 2.45) is 0 Å². The van der Waals surface area contributed by atoms with Gasteiger partial charge < -0.3 is 4.90 Å². The summed E-state index contributed by atoms with van der Waals surface area (Å²) in [5.41, 5.74) is 3.93. The minimum Gasteiger partial charge on any atom is -0.306 e. The van der Waals surface area contributed by atoms with E-state index in [4.69, 9.17) is 0 Å².